The molecule has 0 N–H and O–H groups in total. The average molecular weight is 313 g/mol. The van der Waals surface area contributed by atoms with E-state index in [1.165, 1.54) is 0 Å². The Morgan fingerprint density at radius 2 is 0.533 bits per heavy atom. The van der Waals surface area contributed by atoms with E-state index in [0.717, 1.165) is 0 Å². The van der Waals surface area contributed by atoms with Gasteiger partial charge in [0.1, 0.15) is 0 Å². The van der Waals surface area contributed by atoms with Crippen LogP contribution in [0.4, 0.5) is 0 Å². The van der Waals surface area contributed by atoms with Crippen LogP contribution in [-0.4, -0.2) is 20.0 Å². The molecule has 0 radical (unpaired) electrons. The van der Waals surface area contributed by atoms with Crippen LogP contribution in [0.3, 0.4) is 0 Å². The van der Waals surface area contributed by atoms with Crippen LogP contribution in [0.15, 0.2) is 0 Å². The maximum absolute atomic E-state index is 7.50. The maximum atomic E-state index is 7.50. The van der Waals surface area contributed by atoms with Crippen molar-refractivity contribution in [1.29, 1.82) is 0 Å². The molecule has 0 unspecified atom stereocenters. The van der Waals surface area contributed by atoms with Gasteiger partial charge >= 0.3 is 56.5 Å². The molecule has 0 aliphatic carbocycles. The molecule has 0 aromatic carbocycles. The fourth-order valence-electron chi connectivity index (χ4n) is 0. The van der Waals surface area contributed by atoms with Gasteiger partial charge in [0.05, 0.1) is 0 Å². The molecule has 15 heavy (non-hydrogen) atoms. The topological polar surface area (TPSA) is 99.5 Å². The van der Waals surface area contributed by atoms with Crippen LogP contribution < -0.4 is 0 Å². The van der Waals surface area contributed by atoms with Crippen molar-refractivity contribution in [3.63, 3.8) is 0 Å². The Labute approximate surface area is 106 Å². The minimum atomic E-state index is 0. The molecular weight excluding hydrogens is 303 g/mol. The molecule has 0 atom stereocenters. The van der Waals surface area contributed by atoms with E-state index in [-0.39, 0.29) is 29.0 Å². The Kier molecular flexibility index (Phi) is 882. The smallest absolute Gasteiger partial charge is 0 e. The van der Waals surface area contributed by atoms with E-state index in [1.807, 2.05) is 0 Å². The Bertz CT molecular complexity index is 110. The monoisotopic (exact) mass is 315 g/mol. The zero-order chi connectivity index (χ0) is 13.6. The summed E-state index contributed by atoms with van der Waals surface area (Å²) in [6.45, 7) is 29.3. The van der Waals surface area contributed by atoms with Gasteiger partial charge in [0.2, 0.25) is 0 Å². The van der Waals surface area contributed by atoms with Crippen LogP contribution in [0, 0.1) is 33.3 Å². The predicted molar refractivity (Wildman–Crippen MR) is 45.7 cm³/mol. The summed E-state index contributed by atoms with van der Waals surface area (Å²) >= 11 is 0. The summed E-state index contributed by atoms with van der Waals surface area (Å²) in [6, 6.07) is 0. The van der Waals surface area contributed by atoms with Gasteiger partial charge in [-0.1, -0.05) is 0 Å². The van der Waals surface area contributed by atoms with Gasteiger partial charge in [0.15, 0.2) is 0 Å². The Balaban J connectivity index is -0.0000000105. The average Bonchev–Trinajstić information content (AvgIpc) is 2.30. The van der Waals surface area contributed by atoms with E-state index in [0.29, 0.717) is 0 Å². The molecule has 7 heteroatoms. The van der Waals surface area contributed by atoms with Gasteiger partial charge in [-0.15, -0.1) is 0 Å². The van der Waals surface area contributed by atoms with E-state index in [2.05, 4.69) is 53.2 Å². The Hall–Kier alpha value is -0.182. The quantitative estimate of drug-likeness (QED) is 0.275. The van der Waals surface area contributed by atoms with Crippen LogP contribution in [0.1, 0.15) is 0 Å². The summed E-state index contributed by atoms with van der Waals surface area (Å²) in [4.78, 5) is 0. The Morgan fingerprint density at radius 1 is 0.533 bits per heavy atom. The fraction of sp³-hybridized carbons (Fsp3) is 0.375. The molecule has 0 saturated carbocycles. The van der Waals surface area contributed by atoms with Crippen molar-refractivity contribution in [3.05, 3.63) is 33.3 Å². The number of hydrogen-bond acceptors (Lipinski definition) is 0. The minimum absolute atomic E-state index is 0. The van der Waals surface area contributed by atoms with E-state index in [1.54, 1.807) is 0 Å². The van der Waals surface area contributed by atoms with E-state index >= 15 is 0 Å². The minimum Gasteiger partial charge on any atom is 0 e. The Morgan fingerprint density at radius 3 is 0.533 bits per heavy atom. The molecule has 0 fully saturated rings. The first-order valence-electron chi connectivity index (χ1n) is 2.52. The molecule has 82 valence electrons. The van der Waals surface area contributed by atoms with Crippen molar-refractivity contribution in [2.45, 2.75) is 0 Å². The van der Waals surface area contributed by atoms with Crippen molar-refractivity contribution in [2.24, 2.45) is 0 Å². The third kappa shape index (κ3) is 58500. The summed E-state index contributed by atoms with van der Waals surface area (Å²) in [6.07, 6.45) is 0. The molecule has 0 heterocycles. The molecule has 5 nitrogen and oxygen atoms in total. The molecular formula is C8H10MoO5P+. The van der Waals surface area contributed by atoms with Gasteiger partial charge in [0, 0.05) is 41.1 Å². The first-order valence-corrected chi connectivity index (χ1v) is 5.52. The van der Waals surface area contributed by atoms with Gasteiger partial charge in [-0.2, -0.15) is 0 Å². The summed E-state index contributed by atoms with van der Waals surface area (Å²) < 4.78 is 37.5. The SMILES string of the molecule is C[PH+](C)C.[C-]#[O+].[C-]#[O+].[C-]#[O+].[C-]#[O+].[C-]#[O+].[Mo]. The maximum Gasteiger partial charge on any atom is 0 e. The van der Waals surface area contributed by atoms with E-state index in [4.69, 9.17) is 23.3 Å². The van der Waals surface area contributed by atoms with Crippen LogP contribution in [0.5, 0.6) is 0 Å². The van der Waals surface area contributed by atoms with Crippen molar-refractivity contribution in [2.75, 3.05) is 20.0 Å². The standard InChI is InChI=1S/C3H9P.5CO.Mo/c1-4(2)3;5*1-2;/h1-3H3;;;;;;/p+1. The first-order chi connectivity index (χ1) is 6.73. The summed E-state index contributed by atoms with van der Waals surface area (Å²) in [7, 11) is 0.120. The predicted octanol–water partition coefficient (Wildman–Crippen LogP) is 0.900. The van der Waals surface area contributed by atoms with Crippen LogP contribution in [0.2, 0.25) is 0 Å². The summed E-state index contributed by atoms with van der Waals surface area (Å²) in [5, 5.41) is 0. The molecule has 0 spiro atoms. The largest absolute Gasteiger partial charge is 0 e. The molecule has 0 rings (SSSR count). The van der Waals surface area contributed by atoms with Crippen LogP contribution in [0.25, 0.3) is 0 Å². The van der Waals surface area contributed by atoms with Gasteiger partial charge in [0.25, 0.3) is 0 Å². The normalized spacial score (nSPS) is 3.07. The van der Waals surface area contributed by atoms with Crippen molar-refractivity contribution < 1.29 is 44.3 Å². The second-order valence-electron chi connectivity index (χ2n) is 1.50. The van der Waals surface area contributed by atoms with Crippen LogP contribution >= 0.6 is 7.92 Å². The van der Waals surface area contributed by atoms with Crippen molar-refractivity contribution >= 4 is 7.92 Å². The second-order valence-corrected chi connectivity index (χ2v) is 4.50. The second kappa shape index (κ2) is 286. The molecule has 0 aromatic rings. The number of hydrogen-bond donors (Lipinski definition) is 0. The number of rotatable bonds is 0. The van der Waals surface area contributed by atoms with Gasteiger partial charge < -0.3 is 0 Å². The summed E-state index contributed by atoms with van der Waals surface area (Å²) in [5.74, 6) is 0. The summed E-state index contributed by atoms with van der Waals surface area (Å²) in [5.41, 5.74) is 0. The molecule has 0 aliphatic rings. The van der Waals surface area contributed by atoms with Gasteiger partial charge in [-0.05, 0) is 7.92 Å². The van der Waals surface area contributed by atoms with E-state index in [9.17, 15) is 0 Å². The fourth-order valence-corrected chi connectivity index (χ4v) is 0. The van der Waals surface area contributed by atoms with E-state index < -0.39 is 0 Å². The zero-order valence-electron chi connectivity index (χ0n) is 8.45. The third-order valence-electron chi connectivity index (χ3n) is 0. The van der Waals surface area contributed by atoms with Gasteiger partial charge in [-0.25, -0.2) is 0 Å². The molecule has 0 bridgehead atoms. The van der Waals surface area contributed by atoms with Crippen LogP contribution in [-0.2, 0) is 44.3 Å². The first kappa shape index (κ1) is 46.3. The molecule has 0 aromatic heterocycles. The van der Waals surface area contributed by atoms with Gasteiger partial charge in [-0.3, -0.25) is 0 Å². The molecule has 0 saturated heterocycles. The third-order valence-corrected chi connectivity index (χ3v) is 0. The zero-order valence-corrected chi connectivity index (χ0v) is 11.5. The molecule has 0 aliphatic heterocycles. The molecule has 0 amide bonds. The van der Waals surface area contributed by atoms with Crippen molar-refractivity contribution in [1.82, 2.24) is 0 Å². The van der Waals surface area contributed by atoms with Crippen molar-refractivity contribution in [3.8, 4) is 0 Å².